The third-order valence-electron chi connectivity index (χ3n) is 1.46. The lowest BCUT2D eigenvalue weighted by Gasteiger charge is -1.93. The van der Waals surface area contributed by atoms with E-state index in [1.165, 1.54) is 5.56 Å². The molecule has 0 nitrogen and oxygen atoms in total. The van der Waals surface area contributed by atoms with E-state index in [-0.39, 0.29) is 0 Å². The van der Waals surface area contributed by atoms with E-state index in [4.69, 9.17) is 11.6 Å². The van der Waals surface area contributed by atoms with Crippen LogP contribution in [0.4, 0.5) is 0 Å². The van der Waals surface area contributed by atoms with Crippen LogP contribution in [0.1, 0.15) is 12.5 Å². The number of halogens is 1. The summed E-state index contributed by atoms with van der Waals surface area (Å²) in [6.07, 6.45) is 2.94. The summed E-state index contributed by atoms with van der Waals surface area (Å²) in [5.74, 6) is 0. The average Bonchev–Trinajstić information content (AvgIpc) is 2.03. The van der Waals surface area contributed by atoms with E-state index in [2.05, 4.69) is 12.1 Å². The maximum absolute atomic E-state index is 5.69. The Kier molecular flexibility index (Phi) is 3.18. The molecule has 0 amide bonds. The molecular formula is C10H11Cl. The summed E-state index contributed by atoms with van der Waals surface area (Å²) in [5, 5.41) is 0.855. The first-order valence-electron chi connectivity index (χ1n) is 3.65. The smallest absolute Gasteiger partial charge is 0.0113 e. The van der Waals surface area contributed by atoms with Gasteiger partial charge in [-0.1, -0.05) is 48.0 Å². The molecule has 1 aromatic rings. The van der Waals surface area contributed by atoms with Crippen molar-refractivity contribution in [2.24, 2.45) is 0 Å². The van der Waals surface area contributed by atoms with Crippen LogP contribution in [0.2, 0.25) is 0 Å². The molecule has 1 aromatic carbocycles. The second-order valence-corrected chi connectivity index (χ2v) is 3.08. The SMILES string of the molecule is C/C(Cl)=C/Cc1ccccc1. The fourth-order valence-electron chi connectivity index (χ4n) is 0.873. The van der Waals surface area contributed by atoms with E-state index in [0.717, 1.165) is 11.5 Å². The Bertz CT molecular complexity index is 232. The van der Waals surface area contributed by atoms with Crippen molar-refractivity contribution in [1.82, 2.24) is 0 Å². The summed E-state index contributed by atoms with van der Waals surface area (Å²) in [4.78, 5) is 0. The number of benzene rings is 1. The van der Waals surface area contributed by atoms with Gasteiger partial charge in [-0.3, -0.25) is 0 Å². The van der Waals surface area contributed by atoms with Crippen LogP contribution in [-0.4, -0.2) is 0 Å². The molecule has 0 radical (unpaired) electrons. The van der Waals surface area contributed by atoms with Gasteiger partial charge in [-0.05, 0) is 18.9 Å². The highest BCUT2D eigenvalue weighted by Crippen LogP contribution is 2.04. The molecule has 0 fully saturated rings. The van der Waals surface area contributed by atoms with Gasteiger partial charge in [0.2, 0.25) is 0 Å². The Morgan fingerprint density at radius 3 is 2.55 bits per heavy atom. The van der Waals surface area contributed by atoms with Crippen LogP contribution in [0.25, 0.3) is 0 Å². The lowest BCUT2D eigenvalue weighted by Crippen LogP contribution is -1.78. The largest absolute Gasteiger partial charge is 0.0898 e. The molecule has 0 aliphatic rings. The molecule has 0 aliphatic heterocycles. The zero-order valence-electron chi connectivity index (χ0n) is 6.55. The van der Waals surface area contributed by atoms with E-state index in [0.29, 0.717) is 0 Å². The summed E-state index contributed by atoms with van der Waals surface area (Å²) in [6.45, 7) is 1.89. The van der Waals surface area contributed by atoms with Crippen molar-refractivity contribution in [3.63, 3.8) is 0 Å². The lowest BCUT2D eigenvalue weighted by molar-refractivity contribution is 1.26. The zero-order valence-corrected chi connectivity index (χ0v) is 7.31. The molecule has 58 valence electrons. The molecule has 0 aliphatic carbocycles. The molecule has 0 spiro atoms. The topological polar surface area (TPSA) is 0 Å². The first-order chi connectivity index (χ1) is 5.29. The molecule has 0 saturated carbocycles. The summed E-state index contributed by atoms with van der Waals surface area (Å²) in [7, 11) is 0. The van der Waals surface area contributed by atoms with Crippen LogP contribution in [-0.2, 0) is 6.42 Å². The van der Waals surface area contributed by atoms with Crippen LogP contribution in [0.3, 0.4) is 0 Å². The number of allylic oxidation sites excluding steroid dienone is 2. The van der Waals surface area contributed by atoms with Gasteiger partial charge in [0.1, 0.15) is 0 Å². The minimum absolute atomic E-state index is 0.855. The zero-order chi connectivity index (χ0) is 8.10. The van der Waals surface area contributed by atoms with Crippen molar-refractivity contribution in [1.29, 1.82) is 0 Å². The van der Waals surface area contributed by atoms with Crippen molar-refractivity contribution in [2.75, 3.05) is 0 Å². The fourth-order valence-corrected chi connectivity index (χ4v) is 0.950. The van der Waals surface area contributed by atoms with Crippen molar-refractivity contribution >= 4 is 11.6 Å². The van der Waals surface area contributed by atoms with Crippen LogP contribution < -0.4 is 0 Å². The molecular weight excluding hydrogens is 156 g/mol. The van der Waals surface area contributed by atoms with Crippen LogP contribution >= 0.6 is 11.6 Å². The van der Waals surface area contributed by atoms with Gasteiger partial charge in [0.15, 0.2) is 0 Å². The minimum atomic E-state index is 0.855. The highest BCUT2D eigenvalue weighted by Gasteiger charge is 1.86. The van der Waals surface area contributed by atoms with Gasteiger partial charge >= 0.3 is 0 Å². The average molecular weight is 167 g/mol. The number of rotatable bonds is 2. The highest BCUT2D eigenvalue weighted by molar-refractivity contribution is 6.29. The van der Waals surface area contributed by atoms with E-state index in [9.17, 15) is 0 Å². The Morgan fingerprint density at radius 1 is 1.36 bits per heavy atom. The fraction of sp³-hybridized carbons (Fsp3) is 0.200. The van der Waals surface area contributed by atoms with Gasteiger partial charge in [-0.15, -0.1) is 0 Å². The second-order valence-electron chi connectivity index (χ2n) is 2.48. The maximum Gasteiger partial charge on any atom is 0.0113 e. The Balaban J connectivity index is 2.59. The predicted molar refractivity (Wildman–Crippen MR) is 49.8 cm³/mol. The van der Waals surface area contributed by atoms with Gasteiger partial charge in [-0.25, -0.2) is 0 Å². The summed E-state index contributed by atoms with van der Waals surface area (Å²) < 4.78 is 0. The Labute approximate surface area is 72.5 Å². The normalized spacial score (nSPS) is 11.6. The lowest BCUT2D eigenvalue weighted by atomic mass is 10.1. The van der Waals surface area contributed by atoms with Crippen molar-refractivity contribution in [2.45, 2.75) is 13.3 Å². The Hall–Kier alpha value is -0.750. The molecule has 1 rings (SSSR count). The van der Waals surface area contributed by atoms with Gasteiger partial charge in [0.05, 0.1) is 0 Å². The number of hydrogen-bond donors (Lipinski definition) is 0. The van der Waals surface area contributed by atoms with Crippen LogP contribution in [0.5, 0.6) is 0 Å². The van der Waals surface area contributed by atoms with Crippen molar-refractivity contribution < 1.29 is 0 Å². The molecule has 0 heterocycles. The predicted octanol–water partition coefficient (Wildman–Crippen LogP) is 3.37. The molecule has 1 heteroatoms. The third-order valence-corrected chi connectivity index (χ3v) is 1.62. The van der Waals surface area contributed by atoms with Gasteiger partial charge in [0.25, 0.3) is 0 Å². The summed E-state index contributed by atoms with van der Waals surface area (Å²) in [6, 6.07) is 10.3. The monoisotopic (exact) mass is 166 g/mol. The molecule has 0 saturated heterocycles. The molecule has 0 N–H and O–H groups in total. The van der Waals surface area contributed by atoms with Crippen LogP contribution in [0, 0.1) is 0 Å². The van der Waals surface area contributed by atoms with Crippen molar-refractivity contribution in [3.05, 3.63) is 47.0 Å². The van der Waals surface area contributed by atoms with Crippen LogP contribution in [0.15, 0.2) is 41.4 Å². The van der Waals surface area contributed by atoms with E-state index in [1.54, 1.807) is 0 Å². The molecule has 0 bridgehead atoms. The van der Waals surface area contributed by atoms with Gasteiger partial charge in [-0.2, -0.15) is 0 Å². The molecule has 0 atom stereocenters. The quantitative estimate of drug-likeness (QED) is 0.632. The first-order valence-corrected chi connectivity index (χ1v) is 4.03. The Morgan fingerprint density at radius 2 is 2.00 bits per heavy atom. The van der Waals surface area contributed by atoms with E-state index < -0.39 is 0 Å². The van der Waals surface area contributed by atoms with E-state index >= 15 is 0 Å². The van der Waals surface area contributed by atoms with Crippen molar-refractivity contribution in [3.8, 4) is 0 Å². The molecule has 0 aromatic heterocycles. The third kappa shape index (κ3) is 3.24. The summed E-state index contributed by atoms with van der Waals surface area (Å²) in [5.41, 5.74) is 1.30. The number of hydrogen-bond acceptors (Lipinski definition) is 0. The second kappa shape index (κ2) is 4.20. The minimum Gasteiger partial charge on any atom is -0.0898 e. The standard InChI is InChI=1S/C10H11Cl/c1-9(11)7-8-10-5-3-2-4-6-10/h2-7H,8H2,1H3/b9-7-. The van der Waals surface area contributed by atoms with Gasteiger partial charge in [0, 0.05) is 5.03 Å². The van der Waals surface area contributed by atoms with Gasteiger partial charge < -0.3 is 0 Å². The summed E-state index contributed by atoms with van der Waals surface area (Å²) >= 11 is 5.69. The first kappa shape index (κ1) is 8.35. The molecule has 0 unspecified atom stereocenters. The maximum atomic E-state index is 5.69. The highest BCUT2D eigenvalue weighted by atomic mass is 35.5. The van der Waals surface area contributed by atoms with E-state index in [1.807, 2.05) is 31.2 Å². The molecule has 11 heavy (non-hydrogen) atoms.